The van der Waals surface area contributed by atoms with Crippen LogP contribution in [-0.2, 0) is 18.4 Å². The number of furan rings is 1. The number of rotatable bonds is 4. The van der Waals surface area contributed by atoms with Gasteiger partial charge in [0.15, 0.2) is 5.76 Å². The number of carbonyl (C=O) groups is 1. The predicted molar refractivity (Wildman–Crippen MR) is 76.8 cm³/mol. The molecule has 1 N–H and O–H groups in total. The molecule has 0 unspecified atom stereocenters. The maximum atomic E-state index is 11.8. The first-order valence-electron chi connectivity index (χ1n) is 6.69. The Bertz CT molecular complexity index is 590. The van der Waals surface area contributed by atoms with Gasteiger partial charge in [0, 0.05) is 19.7 Å². The lowest BCUT2D eigenvalue weighted by Crippen LogP contribution is -2.26. The summed E-state index contributed by atoms with van der Waals surface area (Å²) in [5.41, 5.74) is 0.907. The first-order valence-corrected chi connectivity index (χ1v) is 6.69. The summed E-state index contributed by atoms with van der Waals surface area (Å²) in [4.78, 5) is 11.8. The van der Waals surface area contributed by atoms with E-state index in [2.05, 4.69) is 10.4 Å². The first kappa shape index (κ1) is 14.4. The summed E-state index contributed by atoms with van der Waals surface area (Å²) in [7, 11) is 1.86. The van der Waals surface area contributed by atoms with Crippen molar-refractivity contribution in [1.29, 1.82) is 0 Å². The molecule has 0 atom stereocenters. The summed E-state index contributed by atoms with van der Waals surface area (Å²) in [5, 5.41) is 6.98. The Morgan fingerprint density at radius 2 is 2.10 bits per heavy atom. The van der Waals surface area contributed by atoms with Crippen molar-refractivity contribution in [3.8, 4) is 11.5 Å². The SMILES string of the molecule is Cn1nccc1-c1ccc(CNC(=O)CC(C)(C)C)o1. The van der Waals surface area contributed by atoms with Crippen LogP contribution in [-0.4, -0.2) is 15.7 Å². The van der Waals surface area contributed by atoms with Crippen molar-refractivity contribution in [2.45, 2.75) is 33.7 Å². The van der Waals surface area contributed by atoms with E-state index in [0.717, 1.165) is 17.2 Å². The Morgan fingerprint density at radius 3 is 2.70 bits per heavy atom. The normalized spacial score (nSPS) is 11.6. The van der Waals surface area contributed by atoms with E-state index >= 15 is 0 Å². The van der Waals surface area contributed by atoms with Gasteiger partial charge >= 0.3 is 0 Å². The molecule has 0 aliphatic carbocycles. The Morgan fingerprint density at radius 1 is 1.35 bits per heavy atom. The highest BCUT2D eigenvalue weighted by Gasteiger charge is 2.16. The van der Waals surface area contributed by atoms with Crippen LogP contribution in [0.3, 0.4) is 0 Å². The Kier molecular flexibility index (Phi) is 3.97. The average Bonchev–Trinajstić information content (AvgIpc) is 2.92. The second kappa shape index (κ2) is 5.53. The van der Waals surface area contributed by atoms with Crippen molar-refractivity contribution in [2.24, 2.45) is 12.5 Å². The number of aromatic nitrogens is 2. The fourth-order valence-corrected chi connectivity index (χ4v) is 1.96. The van der Waals surface area contributed by atoms with Crippen molar-refractivity contribution >= 4 is 5.91 Å². The number of nitrogens with one attached hydrogen (secondary N) is 1. The third kappa shape index (κ3) is 3.73. The average molecular weight is 275 g/mol. The second-order valence-corrected chi connectivity index (χ2v) is 6.12. The second-order valence-electron chi connectivity index (χ2n) is 6.12. The number of hydrogen-bond acceptors (Lipinski definition) is 3. The van der Waals surface area contributed by atoms with Crippen LogP contribution in [0.4, 0.5) is 0 Å². The van der Waals surface area contributed by atoms with Crippen molar-refractivity contribution in [1.82, 2.24) is 15.1 Å². The molecule has 108 valence electrons. The molecule has 5 nitrogen and oxygen atoms in total. The summed E-state index contributed by atoms with van der Waals surface area (Å²) in [5.74, 6) is 1.53. The molecule has 20 heavy (non-hydrogen) atoms. The number of carbonyl (C=O) groups excluding carboxylic acids is 1. The molecule has 2 aromatic heterocycles. The van der Waals surface area contributed by atoms with Gasteiger partial charge in [-0.25, -0.2) is 0 Å². The standard InChI is InChI=1S/C15H21N3O2/c1-15(2,3)9-14(19)16-10-11-5-6-13(20-11)12-7-8-17-18(12)4/h5-8H,9-10H2,1-4H3,(H,16,19). The van der Waals surface area contributed by atoms with E-state index in [4.69, 9.17) is 4.42 Å². The largest absolute Gasteiger partial charge is 0.458 e. The van der Waals surface area contributed by atoms with Gasteiger partial charge in [-0.3, -0.25) is 9.48 Å². The van der Waals surface area contributed by atoms with E-state index in [1.165, 1.54) is 0 Å². The molecule has 5 heteroatoms. The molecule has 2 rings (SSSR count). The van der Waals surface area contributed by atoms with Gasteiger partial charge in [-0.15, -0.1) is 0 Å². The van der Waals surface area contributed by atoms with Crippen LogP contribution in [0.15, 0.2) is 28.8 Å². The summed E-state index contributed by atoms with van der Waals surface area (Å²) in [6, 6.07) is 5.66. The summed E-state index contributed by atoms with van der Waals surface area (Å²) in [6.07, 6.45) is 2.23. The zero-order chi connectivity index (χ0) is 14.8. The van der Waals surface area contributed by atoms with Crippen LogP contribution in [0.2, 0.25) is 0 Å². The Labute approximate surface area is 119 Å². The van der Waals surface area contributed by atoms with Gasteiger partial charge in [-0.1, -0.05) is 20.8 Å². The van der Waals surface area contributed by atoms with Crippen LogP contribution in [0.1, 0.15) is 33.0 Å². The molecule has 0 aliphatic rings. The van der Waals surface area contributed by atoms with Crippen LogP contribution in [0.5, 0.6) is 0 Å². The molecule has 2 heterocycles. The molecular formula is C15H21N3O2. The van der Waals surface area contributed by atoms with Gasteiger partial charge in [-0.2, -0.15) is 5.10 Å². The zero-order valence-corrected chi connectivity index (χ0v) is 12.4. The fourth-order valence-electron chi connectivity index (χ4n) is 1.96. The molecule has 2 aromatic rings. The minimum absolute atomic E-state index is 0.00683. The van der Waals surface area contributed by atoms with E-state index < -0.39 is 0 Å². The molecule has 0 fully saturated rings. The summed E-state index contributed by atoms with van der Waals surface area (Å²) >= 11 is 0. The van der Waals surface area contributed by atoms with E-state index in [-0.39, 0.29) is 11.3 Å². The van der Waals surface area contributed by atoms with Crippen LogP contribution in [0, 0.1) is 5.41 Å². The highest BCUT2D eigenvalue weighted by atomic mass is 16.3. The molecule has 0 spiro atoms. The number of aryl methyl sites for hydroxylation is 1. The van der Waals surface area contributed by atoms with Gasteiger partial charge in [0.2, 0.25) is 5.91 Å². The highest BCUT2D eigenvalue weighted by molar-refractivity contribution is 5.76. The smallest absolute Gasteiger partial charge is 0.220 e. The van der Waals surface area contributed by atoms with Crippen LogP contribution in [0.25, 0.3) is 11.5 Å². The molecule has 0 radical (unpaired) electrons. The van der Waals surface area contributed by atoms with Crippen molar-refractivity contribution < 1.29 is 9.21 Å². The first-order chi connectivity index (χ1) is 9.35. The van der Waals surface area contributed by atoms with E-state index in [9.17, 15) is 4.79 Å². The van der Waals surface area contributed by atoms with Gasteiger partial charge in [0.25, 0.3) is 0 Å². The van der Waals surface area contributed by atoms with Crippen molar-refractivity contribution in [3.63, 3.8) is 0 Å². The minimum atomic E-state index is -0.00683. The topological polar surface area (TPSA) is 60.1 Å². The molecule has 0 bridgehead atoms. The van der Waals surface area contributed by atoms with Crippen molar-refractivity contribution in [3.05, 3.63) is 30.2 Å². The highest BCUT2D eigenvalue weighted by Crippen LogP contribution is 2.21. The lowest BCUT2D eigenvalue weighted by atomic mass is 9.92. The third-order valence-corrected chi connectivity index (χ3v) is 2.89. The molecule has 0 saturated carbocycles. The lowest BCUT2D eigenvalue weighted by molar-refractivity contribution is -0.123. The molecule has 0 aliphatic heterocycles. The van der Waals surface area contributed by atoms with Gasteiger partial charge in [0.05, 0.1) is 6.54 Å². The van der Waals surface area contributed by atoms with Crippen LogP contribution < -0.4 is 5.32 Å². The molecular weight excluding hydrogens is 254 g/mol. The number of hydrogen-bond donors (Lipinski definition) is 1. The van der Waals surface area contributed by atoms with E-state index in [0.29, 0.717) is 13.0 Å². The van der Waals surface area contributed by atoms with Gasteiger partial charge < -0.3 is 9.73 Å². The van der Waals surface area contributed by atoms with Crippen molar-refractivity contribution in [2.75, 3.05) is 0 Å². The Balaban J connectivity index is 1.94. The maximum absolute atomic E-state index is 11.8. The number of amides is 1. The number of nitrogens with zero attached hydrogens (tertiary/aromatic N) is 2. The van der Waals surface area contributed by atoms with Gasteiger partial charge in [-0.05, 0) is 23.6 Å². The maximum Gasteiger partial charge on any atom is 0.220 e. The van der Waals surface area contributed by atoms with E-state index in [1.54, 1.807) is 10.9 Å². The molecule has 0 saturated heterocycles. The summed E-state index contributed by atoms with van der Waals surface area (Å²) in [6.45, 7) is 6.53. The Hall–Kier alpha value is -2.04. The predicted octanol–water partition coefficient (Wildman–Crippen LogP) is 2.73. The third-order valence-electron chi connectivity index (χ3n) is 2.89. The van der Waals surface area contributed by atoms with E-state index in [1.807, 2.05) is 46.0 Å². The minimum Gasteiger partial charge on any atom is -0.458 e. The van der Waals surface area contributed by atoms with Gasteiger partial charge in [0.1, 0.15) is 11.5 Å². The summed E-state index contributed by atoms with van der Waals surface area (Å²) < 4.78 is 7.46. The lowest BCUT2D eigenvalue weighted by Gasteiger charge is -2.16. The zero-order valence-electron chi connectivity index (χ0n) is 12.4. The molecule has 0 aromatic carbocycles. The fraction of sp³-hybridized carbons (Fsp3) is 0.467. The monoisotopic (exact) mass is 275 g/mol. The molecule has 1 amide bonds. The van der Waals surface area contributed by atoms with Crippen LogP contribution >= 0.6 is 0 Å². The quantitative estimate of drug-likeness (QED) is 0.933.